The minimum Gasteiger partial charge on any atom is -0.472 e. The third-order valence-corrected chi connectivity index (χ3v) is 3.71. The average molecular weight is 252 g/mol. The second kappa shape index (κ2) is 6.05. The molecule has 0 atom stereocenters. The minimum atomic E-state index is 0.572. The molecule has 94 valence electrons. The van der Waals surface area contributed by atoms with Crippen LogP contribution in [0.5, 0.6) is 0 Å². The fraction of sp³-hybridized carbons (Fsp3) is 0.615. The zero-order valence-corrected chi connectivity index (χ0v) is 11.1. The fourth-order valence-electron chi connectivity index (χ4n) is 2.26. The smallest absolute Gasteiger partial charge is 0.169 e. The number of rotatable bonds is 3. The predicted octanol–water partition coefficient (Wildman–Crippen LogP) is 2.92. The lowest BCUT2D eigenvalue weighted by molar-refractivity contribution is 0.392. The van der Waals surface area contributed by atoms with E-state index < -0.39 is 0 Å². The summed E-state index contributed by atoms with van der Waals surface area (Å²) < 4.78 is 5.05. The molecule has 0 aromatic carbocycles. The molecule has 1 fully saturated rings. The summed E-state index contributed by atoms with van der Waals surface area (Å²) in [5.41, 5.74) is 1.15. The molecule has 0 aliphatic heterocycles. The van der Waals surface area contributed by atoms with Gasteiger partial charge in [-0.15, -0.1) is 0 Å². The van der Waals surface area contributed by atoms with Gasteiger partial charge in [-0.2, -0.15) is 0 Å². The lowest BCUT2D eigenvalue weighted by Crippen LogP contribution is -2.43. The molecule has 1 aliphatic carbocycles. The number of nitrogens with one attached hydrogen (secondary N) is 1. The average Bonchev–Trinajstić information content (AvgIpc) is 2.83. The Morgan fingerprint density at radius 1 is 1.47 bits per heavy atom. The molecule has 0 unspecified atom stereocenters. The van der Waals surface area contributed by atoms with Crippen molar-refractivity contribution in [2.75, 3.05) is 7.05 Å². The summed E-state index contributed by atoms with van der Waals surface area (Å²) in [6, 6.07) is 2.54. The summed E-state index contributed by atoms with van der Waals surface area (Å²) >= 11 is 5.41. The van der Waals surface area contributed by atoms with Crippen molar-refractivity contribution in [2.45, 2.75) is 44.7 Å². The van der Waals surface area contributed by atoms with Gasteiger partial charge >= 0.3 is 0 Å². The molecule has 17 heavy (non-hydrogen) atoms. The zero-order valence-electron chi connectivity index (χ0n) is 10.3. The molecule has 0 radical (unpaired) electrons. The molecule has 1 N–H and O–H groups in total. The van der Waals surface area contributed by atoms with Crippen LogP contribution >= 0.6 is 12.2 Å². The molecule has 4 heteroatoms. The molecule has 1 heterocycles. The van der Waals surface area contributed by atoms with Gasteiger partial charge in [0.2, 0.25) is 0 Å². The third kappa shape index (κ3) is 3.73. The van der Waals surface area contributed by atoms with Crippen molar-refractivity contribution in [1.29, 1.82) is 0 Å². The van der Waals surface area contributed by atoms with Crippen LogP contribution in [0.2, 0.25) is 0 Å². The molecule has 1 saturated carbocycles. The first-order valence-electron chi connectivity index (χ1n) is 6.28. The number of nitrogens with zero attached hydrogens (tertiary/aromatic N) is 1. The normalized spacial score (nSPS) is 16.8. The van der Waals surface area contributed by atoms with E-state index in [1.54, 1.807) is 12.5 Å². The van der Waals surface area contributed by atoms with E-state index >= 15 is 0 Å². The van der Waals surface area contributed by atoms with E-state index in [-0.39, 0.29) is 0 Å². The quantitative estimate of drug-likeness (QED) is 0.837. The topological polar surface area (TPSA) is 28.4 Å². The van der Waals surface area contributed by atoms with Crippen molar-refractivity contribution in [3.05, 3.63) is 24.2 Å². The van der Waals surface area contributed by atoms with Crippen LogP contribution in [-0.2, 0) is 6.54 Å². The van der Waals surface area contributed by atoms with Gasteiger partial charge in [0.1, 0.15) is 0 Å². The van der Waals surface area contributed by atoms with Crippen LogP contribution in [0.25, 0.3) is 0 Å². The maximum absolute atomic E-state index is 5.41. The molecule has 3 nitrogen and oxygen atoms in total. The van der Waals surface area contributed by atoms with Gasteiger partial charge < -0.3 is 14.6 Å². The Kier molecular flexibility index (Phi) is 4.42. The lowest BCUT2D eigenvalue weighted by Gasteiger charge is -2.28. The Bertz CT molecular complexity index is 344. The first-order chi connectivity index (χ1) is 8.25. The first-order valence-corrected chi connectivity index (χ1v) is 6.69. The van der Waals surface area contributed by atoms with Crippen molar-refractivity contribution in [3.8, 4) is 0 Å². The molecule has 0 bridgehead atoms. The molecular weight excluding hydrogens is 232 g/mol. The van der Waals surface area contributed by atoms with Crippen LogP contribution in [0, 0.1) is 0 Å². The molecule has 1 aromatic heterocycles. The Labute approximate surface area is 108 Å². The number of hydrogen-bond acceptors (Lipinski definition) is 2. The highest BCUT2D eigenvalue weighted by atomic mass is 32.1. The monoisotopic (exact) mass is 252 g/mol. The van der Waals surface area contributed by atoms with E-state index in [2.05, 4.69) is 10.2 Å². The van der Waals surface area contributed by atoms with Gasteiger partial charge in [0.15, 0.2) is 5.11 Å². The van der Waals surface area contributed by atoms with E-state index in [9.17, 15) is 0 Å². The van der Waals surface area contributed by atoms with Gasteiger partial charge in [-0.1, -0.05) is 19.3 Å². The minimum absolute atomic E-state index is 0.572. The second-order valence-electron chi connectivity index (χ2n) is 4.77. The van der Waals surface area contributed by atoms with E-state index in [0.29, 0.717) is 6.04 Å². The van der Waals surface area contributed by atoms with Crippen LogP contribution in [0.1, 0.15) is 37.7 Å². The Hall–Kier alpha value is -1.03. The maximum Gasteiger partial charge on any atom is 0.169 e. The summed E-state index contributed by atoms with van der Waals surface area (Å²) in [6.45, 7) is 0.801. The van der Waals surface area contributed by atoms with Gasteiger partial charge in [-0.05, 0) is 31.1 Å². The molecule has 2 rings (SSSR count). The molecular formula is C13H20N2OS. The van der Waals surface area contributed by atoms with Gasteiger partial charge in [0, 0.05) is 25.2 Å². The van der Waals surface area contributed by atoms with Crippen molar-refractivity contribution in [2.24, 2.45) is 0 Å². The molecule has 0 amide bonds. The van der Waals surface area contributed by atoms with Crippen LogP contribution in [0.3, 0.4) is 0 Å². The summed E-state index contributed by atoms with van der Waals surface area (Å²) in [5, 5.41) is 4.30. The standard InChI is InChI=1S/C13H20N2OS/c1-15(9-11-7-8-16-10-11)13(17)14-12-5-3-2-4-6-12/h7-8,10,12H,2-6,9H2,1H3,(H,14,17). The lowest BCUT2D eigenvalue weighted by atomic mass is 9.96. The highest BCUT2D eigenvalue weighted by Crippen LogP contribution is 2.17. The van der Waals surface area contributed by atoms with Crippen molar-refractivity contribution < 1.29 is 4.42 Å². The van der Waals surface area contributed by atoms with Crippen LogP contribution < -0.4 is 5.32 Å². The second-order valence-corrected chi connectivity index (χ2v) is 5.16. The molecule has 1 aromatic rings. The highest BCUT2D eigenvalue weighted by molar-refractivity contribution is 7.80. The summed E-state index contributed by atoms with van der Waals surface area (Å²) in [7, 11) is 2.02. The van der Waals surface area contributed by atoms with E-state index in [0.717, 1.165) is 17.2 Å². The van der Waals surface area contributed by atoms with E-state index in [1.807, 2.05) is 13.1 Å². The third-order valence-electron chi connectivity index (χ3n) is 3.28. The summed E-state index contributed by atoms with van der Waals surface area (Å²) in [4.78, 5) is 2.06. The summed E-state index contributed by atoms with van der Waals surface area (Å²) in [6.07, 6.45) is 9.98. The van der Waals surface area contributed by atoms with Crippen LogP contribution in [-0.4, -0.2) is 23.1 Å². The van der Waals surface area contributed by atoms with Gasteiger partial charge in [0.25, 0.3) is 0 Å². The predicted molar refractivity (Wildman–Crippen MR) is 72.8 cm³/mol. The van der Waals surface area contributed by atoms with E-state index in [4.69, 9.17) is 16.6 Å². The van der Waals surface area contributed by atoms with E-state index in [1.165, 1.54) is 32.1 Å². The van der Waals surface area contributed by atoms with Crippen molar-refractivity contribution in [1.82, 2.24) is 10.2 Å². The Morgan fingerprint density at radius 3 is 2.88 bits per heavy atom. The largest absolute Gasteiger partial charge is 0.472 e. The van der Waals surface area contributed by atoms with Gasteiger partial charge in [-0.25, -0.2) is 0 Å². The SMILES string of the molecule is CN(Cc1ccoc1)C(=S)NC1CCCCC1. The van der Waals surface area contributed by atoms with Gasteiger partial charge in [-0.3, -0.25) is 0 Å². The van der Waals surface area contributed by atoms with Crippen LogP contribution in [0.4, 0.5) is 0 Å². The first kappa shape index (κ1) is 12.4. The maximum atomic E-state index is 5.41. The van der Waals surface area contributed by atoms with Crippen molar-refractivity contribution >= 4 is 17.3 Å². The molecule has 1 aliphatic rings. The summed E-state index contributed by atoms with van der Waals surface area (Å²) in [5.74, 6) is 0. The van der Waals surface area contributed by atoms with Crippen molar-refractivity contribution in [3.63, 3.8) is 0 Å². The molecule has 0 saturated heterocycles. The number of hydrogen-bond donors (Lipinski definition) is 1. The van der Waals surface area contributed by atoms with Crippen LogP contribution in [0.15, 0.2) is 23.0 Å². The fourth-order valence-corrected chi connectivity index (χ4v) is 2.49. The Balaban J connectivity index is 1.78. The zero-order chi connectivity index (χ0) is 12.1. The number of furan rings is 1. The van der Waals surface area contributed by atoms with Gasteiger partial charge in [0.05, 0.1) is 12.5 Å². The number of thiocarbonyl (C=S) groups is 1. The molecule has 0 spiro atoms. The Morgan fingerprint density at radius 2 is 2.24 bits per heavy atom. The highest BCUT2D eigenvalue weighted by Gasteiger charge is 2.15.